The predicted molar refractivity (Wildman–Crippen MR) is 108 cm³/mol. The second kappa shape index (κ2) is 8.37. The van der Waals surface area contributed by atoms with Gasteiger partial charge in [-0.05, 0) is 44.2 Å². The normalized spacial score (nSPS) is 31.2. The fourth-order valence-corrected chi connectivity index (χ4v) is 5.10. The molecule has 0 radical (unpaired) electrons. The maximum Gasteiger partial charge on any atom is 0.393 e. The first-order valence-electron chi connectivity index (χ1n) is 10.5. The summed E-state index contributed by atoms with van der Waals surface area (Å²) in [6.45, 7) is -0.126. The van der Waals surface area contributed by atoms with Crippen molar-refractivity contribution in [2.75, 3.05) is 19.7 Å². The number of hydrogen-bond acceptors (Lipinski definition) is 4. The second-order valence-electron chi connectivity index (χ2n) is 9.13. The molecule has 3 N–H and O–H groups in total. The van der Waals surface area contributed by atoms with Gasteiger partial charge in [0.15, 0.2) is 6.61 Å². The first kappa shape index (κ1) is 23.1. The van der Waals surface area contributed by atoms with Crippen LogP contribution in [0.5, 0.6) is 5.75 Å². The molecule has 2 amide bonds. The summed E-state index contributed by atoms with van der Waals surface area (Å²) in [5, 5.41) is 8.55. The van der Waals surface area contributed by atoms with Gasteiger partial charge in [-0.3, -0.25) is 9.59 Å². The lowest BCUT2D eigenvalue weighted by Gasteiger charge is -2.69. The van der Waals surface area contributed by atoms with Crippen molar-refractivity contribution in [2.24, 2.45) is 11.3 Å². The molecule has 0 spiro atoms. The summed E-state index contributed by atoms with van der Waals surface area (Å²) in [6, 6.07) is 3.73. The lowest BCUT2D eigenvalue weighted by Crippen LogP contribution is -2.78. The van der Waals surface area contributed by atoms with Gasteiger partial charge >= 0.3 is 6.18 Å². The van der Waals surface area contributed by atoms with E-state index in [4.69, 9.17) is 16.3 Å². The minimum absolute atomic E-state index is 0.0380. The molecule has 176 valence electrons. The molecule has 6 nitrogen and oxygen atoms in total. The van der Waals surface area contributed by atoms with E-state index < -0.39 is 28.9 Å². The molecule has 4 aliphatic rings. The summed E-state index contributed by atoms with van der Waals surface area (Å²) in [7, 11) is 0. The number of piperidine rings is 1. The van der Waals surface area contributed by atoms with Crippen LogP contribution < -0.4 is 20.7 Å². The zero-order valence-corrected chi connectivity index (χ0v) is 17.9. The second-order valence-corrected chi connectivity index (χ2v) is 9.54. The number of alkyl halides is 3. The number of amides is 2. The number of hydrogen-bond donors (Lipinski definition) is 3. The Balaban J connectivity index is 1.15. The van der Waals surface area contributed by atoms with Gasteiger partial charge in [-0.1, -0.05) is 11.6 Å². The maximum atomic E-state index is 13.4. The van der Waals surface area contributed by atoms with E-state index in [1.165, 1.54) is 12.1 Å². The van der Waals surface area contributed by atoms with Crippen LogP contribution in [0.15, 0.2) is 18.2 Å². The average Bonchev–Trinajstić information content (AvgIpc) is 2.68. The molecule has 3 aliphatic carbocycles. The Labute approximate surface area is 187 Å². The number of carbonyl (C=O) groups excluding carboxylic acids is 2. The Bertz CT molecular complexity index is 883. The highest BCUT2D eigenvalue weighted by Crippen LogP contribution is 2.67. The Morgan fingerprint density at radius 3 is 2.53 bits per heavy atom. The van der Waals surface area contributed by atoms with Crippen LogP contribution in [0.2, 0.25) is 5.02 Å². The Kier molecular flexibility index (Phi) is 6.04. The van der Waals surface area contributed by atoms with Crippen molar-refractivity contribution in [3.05, 3.63) is 29.0 Å². The van der Waals surface area contributed by atoms with Crippen molar-refractivity contribution in [3.63, 3.8) is 0 Å². The number of rotatable bonds is 7. The third-order valence-corrected chi connectivity index (χ3v) is 6.97. The topological polar surface area (TPSA) is 79.5 Å². The molecule has 1 heterocycles. The summed E-state index contributed by atoms with van der Waals surface area (Å²) < 4.78 is 56.8. The highest BCUT2D eigenvalue weighted by molar-refractivity contribution is 6.30. The number of ether oxygens (including phenoxy) is 1. The van der Waals surface area contributed by atoms with Gasteiger partial charge in [-0.25, -0.2) is 4.39 Å². The summed E-state index contributed by atoms with van der Waals surface area (Å²) in [5.74, 6) is -2.27. The van der Waals surface area contributed by atoms with Crippen molar-refractivity contribution in [3.8, 4) is 5.75 Å². The van der Waals surface area contributed by atoms with Gasteiger partial charge in [-0.2, -0.15) is 13.2 Å². The van der Waals surface area contributed by atoms with E-state index in [-0.39, 0.29) is 54.7 Å². The Morgan fingerprint density at radius 2 is 1.94 bits per heavy atom. The summed E-state index contributed by atoms with van der Waals surface area (Å²) >= 11 is 5.60. The quantitative estimate of drug-likeness (QED) is 0.528. The first-order chi connectivity index (χ1) is 15.0. The van der Waals surface area contributed by atoms with Gasteiger partial charge < -0.3 is 20.7 Å². The predicted octanol–water partition coefficient (Wildman–Crippen LogP) is 2.94. The number of benzene rings is 1. The molecule has 2 unspecified atom stereocenters. The van der Waals surface area contributed by atoms with Crippen LogP contribution >= 0.6 is 11.6 Å². The van der Waals surface area contributed by atoms with Crippen LogP contribution in [0.25, 0.3) is 0 Å². The number of carbonyl (C=O) groups is 2. The number of halogens is 5. The Morgan fingerprint density at radius 1 is 1.22 bits per heavy atom. The highest BCUT2D eigenvalue weighted by atomic mass is 35.5. The third-order valence-electron chi connectivity index (χ3n) is 6.67. The molecule has 5 rings (SSSR count). The van der Waals surface area contributed by atoms with Crippen molar-refractivity contribution in [2.45, 2.75) is 49.9 Å². The molecular formula is C21H24ClF4N3O3. The lowest BCUT2D eigenvalue weighted by atomic mass is 9.39. The van der Waals surface area contributed by atoms with E-state index >= 15 is 0 Å². The fourth-order valence-electron chi connectivity index (χ4n) is 4.98. The van der Waals surface area contributed by atoms with Gasteiger partial charge in [0, 0.05) is 30.7 Å². The monoisotopic (exact) mass is 477 g/mol. The van der Waals surface area contributed by atoms with E-state index in [1.54, 1.807) is 0 Å². The molecule has 2 atom stereocenters. The van der Waals surface area contributed by atoms with E-state index in [2.05, 4.69) is 16.0 Å². The molecular weight excluding hydrogens is 454 g/mol. The number of nitrogens with one attached hydrogen (secondary N) is 3. The first-order valence-corrected chi connectivity index (χ1v) is 10.9. The minimum atomic E-state index is -4.19. The molecule has 4 fully saturated rings. The Hall–Kier alpha value is -2.07. The molecule has 32 heavy (non-hydrogen) atoms. The zero-order chi connectivity index (χ0) is 23.1. The molecule has 1 saturated heterocycles. The van der Waals surface area contributed by atoms with Crippen molar-refractivity contribution in [1.29, 1.82) is 0 Å². The van der Waals surface area contributed by atoms with Gasteiger partial charge in [0.1, 0.15) is 11.6 Å². The van der Waals surface area contributed by atoms with Crippen molar-refractivity contribution in [1.82, 2.24) is 16.0 Å². The molecule has 1 aliphatic heterocycles. The highest BCUT2D eigenvalue weighted by Gasteiger charge is 2.72. The van der Waals surface area contributed by atoms with E-state index in [1.807, 2.05) is 0 Å². The molecule has 2 bridgehead atoms. The van der Waals surface area contributed by atoms with E-state index in [9.17, 15) is 27.2 Å². The van der Waals surface area contributed by atoms with Gasteiger partial charge in [0.2, 0.25) is 5.91 Å². The summed E-state index contributed by atoms with van der Waals surface area (Å²) in [4.78, 5) is 24.7. The van der Waals surface area contributed by atoms with Gasteiger partial charge in [0.05, 0.1) is 16.4 Å². The third kappa shape index (κ3) is 4.66. The molecule has 11 heteroatoms. The molecule has 1 aromatic rings. The van der Waals surface area contributed by atoms with E-state index in [0.29, 0.717) is 25.7 Å². The molecule has 0 aromatic heterocycles. The lowest BCUT2D eigenvalue weighted by molar-refractivity contribution is -0.184. The summed E-state index contributed by atoms with van der Waals surface area (Å²) in [6.07, 6.45) is -2.23. The van der Waals surface area contributed by atoms with E-state index in [0.717, 1.165) is 6.07 Å². The van der Waals surface area contributed by atoms with Crippen molar-refractivity contribution >= 4 is 23.4 Å². The van der Waals surface area contributed by atoms with Gasteiger partial charge in [0.25, 0.3) is 5.91 Å². The average molecular weight is 478 g/mol. The SMILES string of the molecule is O=C(COc1ccc(Cl)c(F)c1)NC12CC(C(=O)NCC3CCC(C(F)(F)F)CN3)(C1)C2. The molecule has 1 aromatic carbocycles. The van der Waals surface area contributed by atoms with Crippen LogP contribution in [0.3, 0.4) is 0 Å². The van der Waals surface area contributed by atoms with Crippen LogP contribution in [-0.4, -0.2) is 49.3 Å². The minimum Gasteiger partial charge on any atom is -0.484 e. The molecule has 3 saturated carbocycles. The fraction of sp³-hybridized carbons (Fsp3) is 0.619. The smallest absolute Gasteiger partial charge is 0.393 e. The largest absolute Gasteiger partial charge is 0.484 e. The van der Waals surface area contributed by atoms with Crippen LogP contribution in [-0.2, 0) is 9.59 Å². The maximum absolute atomic E-state index is 13.4. The van der Waals surface area contributed by atoms with Crippen molar-refractivity contribution < 1.29 is 31.9 Å². The van der Waals surface area contributed by atoms with Crippen LogP contribution in [0.4, 0.5) is 17.6 Å². The standard InChI is InChI=1S/C21H24ClF4N3O3/c22-15-4-3-14(5-16(15)23)32-8-17(30)29-20-9-19(10-20,11-20)18(31)28-7-13-2-1-12(6-27-13)21(24,25)26/h3-5,12-13,27H,1-2,6-11H2,(H,28,31)(H,29,30). The van der Waals surface area contributed by atoms with Crippen LogP contribution in [0.1, 0.15) is 32.1 Å². The summed E-state index contributed by atoms with van der Waals surface area (Å²) in [5.41, 5.74) is -0.942. The van der Waals surface area contributed by atoms with Gasteiger partial charge in [-0.15, -0.1) is 0 Å². The van der Waals surface area contributed by atoms with Crippen LogP contribution in [0, 0.1) is 17.2 Å². The zero-order valence-electron chi connectivity index (χ0n) is 17.2.